The molecule has 1 aromatic carbocycles. The standard InChI is InChI=1S/C13H19N3O2/c14-8-12-2-1-7-15(10-12)9-11-3-5-13(6-4-11)16(17)18/h3-6,12H,1-2,7-10,14H2. The summed E-state index contributed by atoms with van der Waals surface area (Å²) in [5, 5.41) is 10.6. The van der Waals surface area contributed by atoms with Crippen molar-refractivity contribution in [2.75, 3.05) is 19.6 Å². The van der Waals surface area contributed by atoms with E-state index in [2.05, 4.69) is 4.90 Å². The molecule has 5 heteroatoms. The van der Waals surface area contributed by atoms with Crippen molar-refractivity contribution in [2.24, 2.45) is 11.7 Å². The van der Waals surface area contributed by atoms with Gasteiger partial charge in [-0.15, -0.1) is 0 Å². The summed E-state index contributed by atoms with van der Waals surface area (Å²) >= 11 is 0. The first kappa shape index (κ1) is 13.0. The van der Waals surface area contributed by atoms with Crippen molar-refractivity contribution in [3.05, 3.63) is 39.9 Å². The minimum Gasteiger partial charge on any atom is -0.330 e. The summed E-state index contributed by atoms with van der Waals surface area (Å²) in [6, 6.07) is 6.81. The van der Waals surface area contributed by atoms with E-state index in [9.17, 15) is 10.1 Å². The molecule has 0 amide bonds. The van der Waals surface area contributed by atoms with Gasteiger partial charge in [0.15, 0.2) is 0 Å². The molecule has 0 radical (unpaired) electrons. The summed E-state index contributed by atoms with van der Waals surface area (Å²) in [6.45, 7) is 3.73. The molecule has 0 bridgehead atoms. The number of likely N-dealkylation sites (tertiary alicyclic amines) is 1. The number of nitrogens with two attached hydrogens (primary N) is 1. The van der Waals surface area contributed by atoms with Crippen LogP contribution in [-0.4, -0.2) is 29.5 Å². The van der Waals surface area contributed by atoms with Gasteiger partial charge < -0.3 is 5.73 Å². The van der Waals surface area contributed by atoms with Gasteiger partial charge in [-0.2, -0.15) is 0 Å². The van der Waals surface area contributed by atoms with Crippen LogP contribution in [0.15, 0.2) is 24.3 Å². The number of nitro groups is 1. The predicted molar refractivity (Wildman–Crippen MR) is 70.2 cm³/mol. The van der Waals surface area contributed by atoms with E-state index in [-0.39, 0.29) is 10.6 Å². The number of hydrogen-bond donors (Lipinski definition) is 1. The van der Waals surface area contributed by atoms with E-state index < -0.39 is 0 Å². The van der Waals surface area contributed by atoms with Crippen LogP contribution >= 0.6 is 0 Å². The van der Waals surface area contributed by atoms with Gasteiger partial charge >= 0.3 is 0 Å². The largest absolute Gasteiger partial charge is 0.330 e. The highest BCUT2D eigenvalue weighted by Crippen LogP contribution is 2.19. The number of hydrogen-bond acceptors (Lipinski definition) is 4. The third-order valence-corrected chi connectivity index (χ3v) is 3.49. The van der Waals surface area contributed by atoms with Crippen LogP contribution < -0.4 is 5.73 Å². The SMILES string of the molecule is NCC1CCCN(Cc2ccc([N+](=O)[O-])cc2)C1. The Morgan fingerprint density at radius 3 is 2.72 bits per heavy atom. The van der Waals surface area contributed by atoms with Gasteiger partial charge in [0, 0.05) is 25.2 Å². The topological polar surface area (TPSA) is 72.4 Å². The molecule has 1 heterocycles. The highest BCUT2D eigenvalue weighted by Gasteiger charge is 2.18. The Bertz CT molecular complexity index is 405. The van der Waals surface area contributed by atoms with Gasteiger partial charge in [0.05, 0.1) is 4.92 Å². The lowest BCUT2D eigenvalue weighted by atomic mass is 9.98. The summed E-state index contributed by atoms with van der Waals surface area (Å²) < 4.78 is 0. The van der Waals surface area contributed by atoms with Gasteiger partial charge in [0.1, 0.15) is 0 Å². The average molecular weight is 249 g/mol. The summed E-state index contributed by atoms with van der Waals surface area (Å²) in [6.07, 6.45) is 2.40. The smallest absolute Gasteiger partial charge is 0.269 e. The monoisotopic (exact) mass is 249 g/mol. The van der Waals surface area contributed by atoms with Crippen LogP contribution in [0.1, 0.15) is 18.4 Å². The van der Waals surface area contributed by atoms with Crippen molar-refractivity contribution in [3.8, 4) is 0 Å². The van der Waals surface area contributed by atoms with Crippen molar-refractivity contribution >= 4 is 5.69 Å². The van der Waals surface area contributed by atoms with Gasteiger partial charge in [0.2, 0.25) is 0 Å². The first-order valence-electron chi connectivity index (χ1n) is 6.35. The third kappa shape index (κ3) is 3.27. The van der Waals surface area contributed by atoms with Gasteiger partial charge in [-0.3, -0.25) is 15.0 Å². The molecule has 1 aromatic rings. The van der Waals surface area contributed by atoms with Crippen molar-refractivity contribution < 1.29 is 4.92 Å². The second-order valence-corrected chi connectivity index (χ2v) is 4.90. The van der Waals surface area contributed by atoms with E-state index in [4.69, 9.17) is 5.73 Å². The minimum atomic E-state index is -0.366. The fourth-order valence-electron chi connectivity index (χ4n) is 2.47. The molecule has 1 aliphatic rings. The molecule has 0 aliphatic carbocycles. The molecule has 98 valence electrons. The zero-order valence-corrected chi connectivity index (χ0v) is 10.4. The van der Waals surface area contributed by atoms with E-state index in [1.807, 2.05) is 12.1 Å². The summed E-state index contributed by atoms with van der Waals surface area (Å²) in [5.74, 6) is 0.594. The maximum absolute atomic E-state index is 10.6. The Hall–Kier alpha value is -1.46. The van der Waals surface area contributed by atoms with E-state index in [0.717, 1.165) is 31.7 Å². The van der Waals surface area contributed by atoms with Crippen molar-refractivity contribution in [3.63, 3.8) is 0 Å². The Morgan fingerprint density at radius 1 is 1.39 bits per heavy atom. The van der Waals surface area contributed by atoms with E-state index in [1.165, 1.54) is 12.8 Å². The number of nitrogens with zero attached hydrogens (tertiary/aromatic N) is 2. The van der Waals surface area contributed by atoms with E-state index in [0.29, 0.717) is 5.92 Å². The predicted octanol–water partition coefficient (Wildman–Crippen LogP) is 1.77. The molecule has 5 nitrogen and oxygen atoms in total. The van der Waals surface area contributed by atoms with Crippen LogP contribution in [0.3, 0.4) is 0 Å². The Labute approximate surface area is 107 Å². The van der Waals surface area contributed by atoms with Crippen molar-refractivity contribution in [2.45, 2.75) is 19.4 Å². The number of non-ortho nitro benzene ring substituents is 1. The molecule has 1 unspecified atom stereocenters. The van der Waals surface area contributed by atoms with Gasteiger partial charge in [-0.1, -0.05) is 12.1 Å². The van der Waals surface area contributed by atoms with Crippen LogP contribution in [0.2, 0.25) is 0 Å². The molecule has 1 saturated heterocycles. The number of nitro benzene ring substituents is 1. The molecular formula is C13H19N3O2. The lowest BCUT2D eigenvalue weighted by molar-refractivity contribution is -0.384. The lowest BCUT2D eigenvalue weighted by Crippen LogP contribution is -2.37. The Balaban J connectivity index is 1.94. The molecule has 18 heavy (non-hydrogen) atoms. The molecule has 0 aromatic heterocycles. The molecule has 1 fully saturated rings. The van der Waals surface area contributed by atoms with Crippen LogP contribution in [-0.2, 0) is 6.54 Å². The van der Waals surface area contributed by atoms with Gasteiger partial charge in [-0.25, -0.2) is 0 Å². The fraction of sp³-hybridized carbons (Fsp3) is 0.538. The lowest BCUT2D eigenvalue weighted by Gasteiger charge is -2.32. The van der Waals surface area contributed by atoms with Gasteiger partial charge in [-0.05, 0) is 37.4 Å². The number of benzene rings is 1. The van der Waals surface area contributed by atoms with Gasteiger partial charge in [0.25, 0.3) is 5.69 Å². The molecular weight excluding hydrogens is 230 g/mol. The molecule has 0 saturated carbocycles. The zero-order chi connectivity index (χ0) is 13.0. The number of rotatable bonds is 4. The van der Waals surface area contributed by atoms with E-state index in [1.54, 1.807) is 12.1 Å². The first-order valence-corrected chi connectivity index (χ1v) is 6.35. The molecule has 2 rings (SSSR count). The summed E-state index contributed by atoms with van der Waals surface area (Å²) in [4.78, 5) is 12.6. The third-order valence-electron chi connectivity index (χ3n) is 3.49. The quantitative estimate of drug-likeness (QED) is 0.652. The first-order chi connectivity index (χ1) is 8.69. The highest BCUT2D eigenvalue weighted by atomic mass is 16.6. The van der Waals surface area contributed by atoms with Crippen molar-refractivity contribution in [1.82, 2.24) is 4.90 Å². The van der Waals surface area contributed by atoms with Crippen LogP contribution in [0, 0.1) is 16.0 Å². The second kappa shape index (κ2) is 5.93. The summed E-state index contributed by atoms with van der Waals surface area (Å²) in [7, 11) is 0. The fourth-order valence-corrected chi connectivity index (χ4v) is 2.47. The molecule has 2 N–H and O–H groups in total. The molecule has 1 aliphatic heterocycles. The summed E-state index contributed by atoms with van der Waals surface area (Å²) in [5.41, 5.74) is 6.98. The normalized spacial score (nSPS) is 20.8. The molecule has 1 atom stereocenters. The second-order valence-electron chi connectivity index (χ2n) is 4.90. The Kier molecular flexibility index (Phi) is 4.28. The van der Waals surface area contributed by atoms with E-state index >= 15 is 0 Å². The maximum atomic E-state index is 10.6. The van der Waals surface area contributed by atoms with Crippen LogP contribution in [0.4, 0.5) is 5.69 Å². The van der Waals surface area contributed by atoms with Crippen LogP contribution in [0.25, 0.3) is 0 Å². The number of piperidine rings is 1. The molecule has 0 spiro atoms. The van der Waals surface area contributed by atoms with Crippen molar-refractivity contribution in [1.29, 1.82) is 0 Å². The minimum absolute atomic E-state index is 0.150. The van der Waals surface area contributed by atoms with Crippen LogP contribution in [0.5, 0.6) is 0 Å². The zero-order valence-electron chi connectivity index (χ0n) is 10.4. The highest BCUT2D eigenvalue weighted by molar-refractivity contribution is 5.32. The average Bonchev–Trinajstić information content (AvgIpc) is 2.39. The maximum Gasteiger partial charge on any atom is 0.269 e. The Morgan fingerprint density at radius 2 is 2.11 bits per heavy atom.